The van der Waals surface area contributed by atoms with E-state index in [1.807, 2.05) is 0 Å². The zero-order valence-electron chi connectivity index (χ0n) is 15.5. The fourth-order valence-electron chi connectivity index (χ4n) is 3.21. The summed E-state index contributed by atoms with van der Waals surface area (Å²) < 4.78 is 0. The molecule has 2 aromatic carbocycles. The van der Waals surface area contributed by atoms with Crippen molar-refractivity contribution in [3.63, 3.8) is 0 Å². The van der Waals surface area contributed by atoms with Gasteiger partial charge in [-0.15, -0.1) is 0 Å². The number of rotatable bonds is 8. The number of hydrogen-bond donors (Lipinski definition) is 0. The summed E-state index contributed by atoms with van der Waals surface area (Å²) >= 11 is 0. The lowest BCUT2D eigenvalue weighted by Crippen LogP contribution is -2.29. The molecule has 2 nitrogen and oxygen atoms in total. The van der Waals surface area contributed by atoms with Crippen LogP contribution in [0.3, 0.4) is 0 Å². The zero-order valence-corrected chi connectivity index (χ0v) is 15.5. The lowest BCUT2D eigenvalue weighted by molar-refractivity contribution is 0.411. The Bertz CT molecular complexity index is 566. The molecule has 0 fully saturated rings. The minimum atomic E-state index is 0.998. The second-order valence-corrected chi connectivity index (χ2v) is 5.77. The van der Waals surface area contributed by atoms with E-state index in [4.69, 9.17) is 0 Å². The van der Waals surface area contributed by atoms with Gasteiger partial charge in [-0.05, 0) is 38.8 Å². The van der Waals surface area contributed by atoms with Crippen LogP contribution in [0.4, 0.5) is 0 Å². The summed E-state index contributed by atoms with van der Waals surface area (Å²) in [6.45, 7) is 12.9. The Morgan fingerprint density at radius 3 is 1.08 bits per heavy atom. The molecule has 2 rings (SSSR count). The number of nitrogens with zero attached hydrogens (tertiary/aromatic N) is 2. The quantitative estimate of drug-likeness (QED) is 0.617. The molecule has 0 amide bonds. The topological polar surface area (TPSA) is 6.48 Å². The molecule has 0 spiro atoms. The van der Waals surface area contributed by atoms with Gasteiger partial charge in [-0.3, -0.25) is 0 Å². The van der Waals surface area contributed by atoms with Gasteiger partial charge in [0.05, 0.1) is 11.4 Å². The van der Waals surface area contributed by atoms with Gasteiger partial charge in [-0.1, -0.05) is 60.7 Å². The summed E-state index contributed by atoms with van der Waals surface area (Å²) in [6.07, 6.45) is 0. The molecule has 0 saturated carbocycles. The standard InChI is InChI=1S/C22H30N2/c1-5-23(6-2)21(19-15-11-9-12-16-19)22(24(7-3)8-4)20-17-13-10-14-18-20/h9-18H,5-8H2,1-4H3/b22-21+. The lowest BCUT2D eigenvalue weighted by Gasteiger charge is -2.34. The number of hydrogen-bond acceptors (Lipinski definition) is 2. The third-order valence-corrected chi connectivity index (χ3v) is 4.48. The van der Waals surface area contributed by atoms with E-state index >= 15 is 0 Å². The molecular weight excluding hydrogens is 292 g/mol. The minimum absolute atomic E-state index is 0.998. The van der Waals surface area contributed by atoms with Crippen molar-refractivity contribution < 1.29 is 0 Å². The van der Waals surface area contributed by atoms with E-state index in [0.717, 1.165) is 26.2 Å². The maximum Gasteiger partial charge on any atom is 0.0683 e. The maximum absolute atomic E-state index is 2.47. The molecule has 0 bridgehead atoms. The molecule has 0 N–H and O–H groups in total. The fourth-order valence-corrected chi connectivity index (χ4v) is 3.21. The molecule has 0 saturated heterocycles. The Labute approximate surface area is 147 Å². The first kappa shape index (κ1) is 18.1. The van der Waals surface area contributed by atoms with Gasteiger partial charge in [0.25, 0.3) is 0 Å². The largest absolute Gasteiger partial charge is 0.370 e. The predicted octanol–water partition coefficient (Wildman–Crippen LogP) is 5.20. The number of benzene rings is 2. The zero-order chi connectivity index (χ0) is 17.4. The van der Waals surface area contributed by atoms with Crippen LogP contribution in [0, 0.1) is 0 Å². The minimum Gasteiger partial charge on any atom is -0.370 e. The Kier molecular flexibility index (Phi) is 6.92. The molecule has 0 atom stereocenters. The van der Waals surface area contributed by atoms with Crippen molar-refractivity contribution in [3.05, 3.63) is 71.8 Å². The second kappa shape index (κ2) is 9.17. The van der Waals surface area contributed by atoms with Gasteiger partial charge >= 0.3 is 0 Å². The van der Waals surface area contributed by atoms with E-state index in [9.17, 15) is 0 Å². The van der Waals surface area contributed by atoms with E-state index in [1.54, 1.807) is 0 Å². The normalized spacial score (nSPS) is 11.8. The summed E-state index contributed by atoms with van der Waals surface area (Å²) in [7, 11) is 0. The Morgan fingerprint density at radius 2 is 0.833 bits per heavy atom. The van der Waals surface area contributed by atoms with Gasteiger partial charge in [0.1, 0.15) is 0 Å². The Balaban J connectivity index is 2.76. The van der Waals surface area contributed by atoms with Crippen molar-refractivity contribution in [2.24, 2.45) is 0 Å². The van der Waals surface area contributed by atoms with E-state index in [1.165, 1.54) is 22.5 Å². The van der Waals surface area contributed by atoms with Crippen LogP contribution in [0.15, 0.2) is 60.7 Å². The van der Waals surface area contributed by atoms with Crippen LogP contribution >= 0.6 is 0 Å². The summed E-state index contributed by atoms with van der Waals surface area (Å²) in [5.74, 6) is 0. The van der Waals surface area contributed by atoms with Crippen LogP contribution in [-0.2, 0) is 0 Å². The highest BCUT2D eigenvalue weighted by atomic mass is 15.2. The third-order valence-electron chi connectivity index (χ3n) is 4.48. The first-order valence-corrected chi connectivity index (χ1v) is 9.11. The van der Waals surface area contributed by atoms with Crippen molar-refractivity contribution in [1.82, 2.24) is 9.80 Å². The summed E-state index contributed by atoms with van der Waals surface area (Å²) in [4.78, 5) is 4.94. The first-order chi connectivity index (χ1) is 11.8. The van der Waals surface area contributed by atoms with E-state index in [2.05, 4.69) is 98.2 Å². The average molecular weight is 322 g/mol. The maximum atomic E-state index is 2.47. The monoisotopic (exact) mass is 322 g/mol. The first-order valence-electron chi connectivity index (χ1n) is 9.11. The van der Waals surface area contributed by atoms with Crippen LogP contribution in [0.1, 0.15) is 38.8 Å². The predicted molar refractivity (Wildman–Crippen MR) is 106 cm³/mol. The molecule has 0 aliphatic heterocycles. The SMILES string of the molecule is CCN(CC)/C(=C(\c1ccccc1)N(CC)CC)c1ccccc1. The van der Waals surface area contributed by atoms with E-state index in [-0.39, 0.29) is 0 Å². The summed E-state index contributed by atoms with van der Waals surface area (Å²) in [5.41, 5.74) is 5.23. The van der Waals surface area contributed by atoms with Gasteiger partial charge in [-0.25, -0.2) is 0 Å². The van der Waals surface area contributed by atoms with Gasteiger partial charge in [0.15, 0.2) is 0 Å². The molecule has 0 aliphatic rings. The van der Waals surface area contributed by atoms with Crippen LogP contribution in [0.5, 0.6) is 0 Å². The smallest absolute Gasteiger partial charge is 0.0683 e. The van der Waals surface area contributed by atoms with Crippen LogP contribution in [-0.4, -0.2) is 36.0 Å². The fraction of sp³-hybridized carbons (Fsp3) is 0.364. The molecule has 24 heavy (non-hydrogen) atoms. The van der Waals surface area contributed by atoms with Crippen molar-refractivity contribution in [2.75, 3.05) is 26.2 Å². The molecule has 0 unspecified atom stereocenters. The highest BCUT2D eigenvalue weighted by Crippen LogP contribution is 2.31. The van der Waals surface area contributed by atoms with Gasteiger partial charge < -0.3 is 9.80 Å². The van der Waals surface area contributed by atoms with Crippen LogP contribution in [0.2, 0.25) is 0 Å². The highest BCUT2D eigenvalue weighted by Gasteiger charge is 2.20. The Morgan fingerprint density at radius 1 is 0.542 bits per heavy atom. The summed E-state index contributed by atoms with van der Waals surface area (Å²) in [6, 6.07) is 21.6. The molecule has 128 valence electrons. The molecule has 0 aliphatic carbocycles. The second-order valence-electron chi connectivity index (χ2n) is 5.77. The molecule has 0 aromatic heterocycles. The van der Waals surface area contributed by atoms with Crippen LogP contribution in [0.25, 0.3) is 11.4 Å². The van der Waals surface area contributed by atoms with E-state index in [0.29, 0.717) is 0 Å². The van der Waals surface area contributed by atoms with Crippen molar-refractivity contribution in [1.29, 1.82) is 0 Å². The molecule has 2 heteroatoms. The van der Waals surface area contributed by atoms with Crippen molar-refractivity contribution in [2.45, 2.75) is 27.7 Å². The van der Waals surface area contributed by atoms with Gasteiger partial charge in [0, 0.05) is 26.2 Å². The molecule has 2 aromatic rings. The van der Waals surface area contributed by atoms with Gasteiger partial charge in [-0.2, -0.15) is 0 Å². The Hall–Kier alpha value is -2.22. The molecular formula is C22H30N2. The molecule has 0 heterocycles. The molecule has 0 radical (unpaired) electrons. The van der Waals surface area contributed by atoms with Crippen molar-refractivity contribution in [3.8, 4) is 0 Å². The lowest BCUT2D eigenvalue weighted by atomic mass is 10.0. The third kappa shape index (κ3) is 4.00. The van der Waals surface area contributed by atoms with E-state index < -0.39 is 0 Å². The summed E-state index contributed by atoms with van der Waals surface area (Å²) in [5, 5.41) is 0. The highest BCUT2D eigenvalue weighted by molar-refractivity contribution is 5.89. The van der Waals surface area contributed by atoms with Gasteiger partial charge in [0.2, 0.25) is 0 Å². The average Bonchev–Trinajstić information content (AvgIpc) is 2.66. The van der Waals surface area contributed by atoms with Crippen molar-refractivity contribution >= 4 is 11.4 Å². The van der Waals surface area contributed by atoms with Crippen LogP contribution < -0.4 is 0 Å².